The first-order valence-electron chi connectivity index (χ1n) is 4.73. The minimum absolute atomic E-state index is 0.230. The van der Waals surface area contributed by atoms with Crippen LogP contribution in [-0.4, -0.2) is 16.2 Å². The largest absolute Gasteiger partial charge is 0.508 e. The van der Waals surface area contributed by atoms with Crippen molar-refractivity contribution >= 4 is 5.97 Å². The fraction of sp³-hybridized carbons (Fsp3) is 0.364. The zero-order chi connectivity index (χ0) is 10.1. The lowest BCUT2D eigenvalue weighted by Crippen LogP contribution is -2.17. The topological polar surface area (TPSA) is 57.5 Å². The Labute approximate surface area is 82.0 Å². The summed E-state index contributed by atoms with van der Waals surface area (Å²) >= 11 is 0. The second-order valence-corrected chi connectivity index (χ2v) is 3.63. The fourth-order valence-corrected chi connectivity index (χ4v) is 2.09. The summed E-state index contributed by atoms with van der Waals surface area (Å²) in [7, 11) is 0. The van der Waals surface area contributed by atoms with E-state index in [2.05, 4.69) is 0 Å². The van der Waals surface area contributed by atoms with Crippen LogP contribution in [-0.2, 0) is 11.2 Å². The van der Waals surface area contributed by atoms with E-state index < -0.39 is 11.9 Å². The van der Waals surface area contributed by atoms with Gasteiger partial charge in [-0.3, -0.25) is 4.79 Å². The molecular weight excluding hydrogens is 180 g/mol. The van der Waals surface area contributed by atoms with Gasteiger partial charge in [-0.05, 0) is 36.5 Å². The summed E-state index contributed by atoms with van der Waals surface area (Å²) in [5.74, 6) is -1.00. The average Bonchev–Trinajstić information content (AvgIpc) is 2.17. The summed E-state index contributed by atoms with van der Waals surface area (Å²) in [6.07, 6.45) is 2.29. The van der Waals surface area contributed by atoms with Gasteiger partial charge in [0.25, 0.3) is 0 Å². The summed E-state index contributed by atoms with van der Waals surface area (Å²) in [6.45, 7) is 0. The van der Waals surface area contributed by atoms with Crippen molar-refractivity contribution in [3.63, 3.8) is 0 Å². The van der Waals surface area contributed by atoms with E-state index in [1.807, 2.05) is 0 Å². The number of aromatic hydroxyl groups is 1. The van der Waals surface area contributed by atoms with E-state index in [0.29, 0.717) is 6.42 Å². The highest BCUT2D eigenvalue weighted by Gasteiger charge is 2.27. The molecule has 1 aromatic carbocycles. The van der Waals surface area contributed by atoms with Gasteiger partial charge in [-0.15, -0.1) is 0 Å². The number of carbonyl (C=O) groups is 1. The quantitative estimate of drug-likeness (QED) is 0.714. The molecule has 2 N–H and O–H groups in total. The van der Waals surface area contributed by atoms with Gasteiger partial charge in [-0.25, -0.2) is 0 Å². The number of benzene rings is 1. The van der Waals surface area contributed by atoms with Crippen molar-refractivity contribution in [1.82, 2.24) is 0 Å². The molecule has 0 radical (unpaired) electrons. The Morgan fingerprint density at radius 1 is 1.43 bits per heavy atom. The first-order valence-corrected chi connectivity index (χ1v) is 4.73. The van der Waals surface area contributed by atoms with Crippen molar-refractivity contribution in [3.8, 4) is 5.75 Å². The zero-order valence-electron chi connectivity index (χ0n) is 7.73. The molecule has 0 heterocycles. The van der Waals surface area contributed by atoms with Crippen LogP contribution >= 0.6 is 0 Å². The first-order chi connectivity index (χ1) is 6.70. The molecule has 0 spiro atoms. The molecule has 1 aliphatic rings. The van der Waals surface area contributed by atoms with E-state index in [9.17, 15) is 9.90 Å². The van der Waals surface area contributed by atoms with Gasteiger partial charge in [0.15, 0.2) is 0 Å². The molecule has 1 aliphatic carbocycles. The molecule has 0 aromatic heterocycles. The lowest BCUT2D eigenvalue weighted by Gasteiger charge is -2.22. The normalized spacial score (nSPS) is 20.1. The molecule has 0 aliphatic heterocycles. The Morgan fingerprint density at radius 3 is 2.93 bits per heavy atom. The number of aliphatic carboxylic acids is 1. The van der Waals surface area contributed by atoms with Crippen LogP contribution < -0.4 is 0 Å². The van der Waals surface area contributed by atoms with Crippen molar-refractivity contribution < 1.29 is 15.0 Å². The number of rotatable bonds is 1. The maximum Gasteiger partial charge on any atom is 0.310 e. The fourth-order valence-electron chi connectivity index (χ4n) is 2.09. The lowest BCUT2D eigenvalue weighted by molar-refractivity contribution is -0.139. The third-order valence-electron chi connectivity index (χ3n) is 2.78. The summed E-state index contributed by atoms with van der Waals surface area (Å²) in [5.41, 5.74) is 1.59. The average molecular weight is 192 g/mol. The summed E-state index contributed by atoms with van der Waals surface area (Å²) in [4.78, 5) is 10.9. The van der Waals surface area contributed by atoms with Crippen molar-refractivity contribution in [2.24, 2.45) is 0 Å². The van der Waals surface area contributed by atoms with Gasteiger partial charge in [0.1, 0.15) is 5.75 Å². The van der Waals surface area contributed by atoms with Crippen molar-refractivity contribution in [3.05, 3.63) is 29.3 Å². The summed E-state index contributed by atoms with van der Waals surface area (Å²) in [6, 6.07) is 5.12. The van der Waals surface area contributed by atoms with Gasteiger partial charge in [0.05, 0.1) is 5.92 Å². The molecule has 0 saturated carbocycles. The predicted molar refractivity (Wildman–Crippen MR) is 51.4 cm³/mol. The van der Waals surface area contributed by atoms with E-state index in [1.165, 1.54) is 0 Å². The lowest BCUT2D eigenvalue weighted by atomic mass is 9.82. The van der Waals surface area contributed by atoms with Gasteiger partial charge in [0, 0.05) is 0 Å². The molecule has 0 bridgehead atoms. The van der Waals surface area contributed by atoms with E-state index in [1.54, 1.807) is 18.2 Å². The van der Waals surface area contributed by atoms with Gasteiger partial charge >= 0.3 is 5.97 Å². The zero-order valence-corrected chi connectivity index (χ0v) is 7.73. The Kier molecular flexibility index (Phi) is 2.15. The van der Waals surface area contributed by atoms with Crippen LogP contribution in [0.3, 0.4) is 0 Å². The number of carboxylic acids is 1. The highest BCUT2D eigenvalue weighted by Crippen LogP contribution is 2.35. The third-order valence-corrected chi connectivity index (χ3v) is 2.78. The first kappa shape index (κ1) is 9.06. The molecule has 3 nitrogen and oxygen atoms in total. The standard InChI is InChI=1S/C11H12O3/c12-10-6-2-3-7-8(10)4-1-5-9(7)11(13)14/h2-3,6,9,12H,1,4-5H2,(H,13,14)/t9-/m1/s1. The molecule has 14 heavy (non-hydrogen) atoms. The van der Waals surface area contributed by atoms with Crippen LogP contribution in [0.25, 0.3) is 0 Å². The van der Waals surface area contributed by atoms with Crippen molar-refractivity contribution in [2.75, 3.05) is 0 Å². The second-order valence-electron chi connectivity index (χ2n) is 3.63. The van der Waals surface area contributed by atoms with Crippen LogP contribution in [0.4, 0.5) is 0 Å². The molecule has 0 fully saturated rings. The van der Waals surface area contributed by atoms with E-state index >= 15 is 0 Å². The molecule has 1 atom stereocenters. The van der Waals surface area contributed by atoms with Crippen LogP contribution in [0.5, 0.6) is 5.75 Å². The van der Waals surface area contributed by atoms with Gasteiger partial charge in [-0.1, -0.05) is 12.1 Å². The SMILES string of the molecule is O=C(O)[C@@H]1CCCc2c(O)cccc21. The summed E-state index contributed by atoms with van der Waals surface area (Å²) in [5, 5.41) is 18.6. The van der Waals surface area contributed by atoms with Gasteiger partial charge in [-0.2, -0.15) is 0 Å². The van der Waals surface area contributed by atoms with E-state index in [4.69, 9.17) is 5.11 Å². The number of fused-ring (bicyclic) bond motifs is 1. The maximum absolute atomic E-state index is 10.9. The minimum atomic E-state index is -0.795. The monoisotopic (exact) mass is 192 g/mol. The Hall–Kier alpha value is -1.51. The number of carboxylic acid groups (broad SMARTS) is 1. The van der Waals surface area contributed by atoms with Crippen LogP contribution in [0.1, 0.15) is 29.9 Å². The van der Waals surface area contributed by atoms with Gasteiger partial charge in [0.2, 0.25) is 0 Å². The maximum atomic E-state index is 10.9. The molecular formula is C11H12O3. The number of hydrogen-bond acceptors (Lipinski definition) is 2. The van der Waals surface area contributed by atoms with E-state index in [0.717, 1.165) is 24.0 Å². The molecule has 0 saturated heterocycles. The highest BCUT2D eigenvalue weighted by molar-refractivity contribution is 5.77. The van der Waals surface area contributed by atoms with Crippen molar-refractivity contribution in [1.29, 1.82) is 0 Å². The second kappa shape index (κ2) is 3.33. The van der Waals surface area contributed by atoms with Crippen LogP contribution in [0.15, 0.2) is 18.2 Å². The third kappa shape index (κ3) is 1.35. The molecule has 3 heteroatoms. The van der Waals surface area contributed by atoms with Crippen LogP contribution in [0.2, 0.25) is 0 Å². The predicted octanol–water partition coefficient (Wildman–Crippen LogP) is 1.90. The Balaban J connectivity index is 2.49. The number of phenolic OH excluding ortho intramolecular Hbond substituents is 1. The number of phenols is 1. The minimum Gasteiger partial charge on any atom is -0.508 e. The molecule has 1 aromatic rings. The smallest absolute Gasteiger partial charge is 0.310 e. The molecule has 74 valence electrons. The van der Waals surface area contributed by atoms with Crippen molar-refractivity contribution in [2.45, 2.75) is 25.2 Å². The number of hydrogen-bond donors (Lipinski definition) is 2. The Morgan fingerprint density at radius 2 is 2.21 bits per heavy atom. The van der Waals surface area contributed by atoms with E-state index in [-0.39, 0.29) is 5.75 Å². The highest BCUT2D eigenvalue weighted by atomic mass is 16.4. The molecule has 0 unspecified atom stereocenters. The Bertz CT molecular complexity index is 371. The van der Waals surface area contributed by atoms with Gasteiger partial charge < -0.3 is 10.2 Å². The molecule has 2 rings (SSSR count). The molecule has 0 amide bonds. The van der Waals surface area contributed by atoms with Crippen LogP contribution in [0, 0.1) is 0 Å². The summed E-state index contributed by atoms with van der Waals surface area (Å²) < 4.78 is 0.